The molecule has 9 aromatic rings. The van der Waals surface area contributed by atoms with Crippen LogP contribution < -0.4 is 0 Å². The van der Waals surface area contributed by atoms with Crippen molar-refractivity contribution in [2.45, 2.75) is 9.79 Å². The van der Waals surface area contributed by atoms with Gasteiger partial charge in [-0.3, -0.25) is 0 Å². The van der Waals surface area contributed by atoms with Gasteiger partial charge >= 0.3 is 0 Å². The van der Waals surface area contributed by atoms with Crippen molar-refractivity contribution in [2.24, 2.45) is 0 Å². The van der Waals surface area contributed by atoms with E-state index in [0.717, 1.165) is 0 Å². The van der Waals surface area contributed by atoms with E-state index >= 15 is 0 Å². The monoisotopic (exact) mass is 612 g/mol. The van der Waals surface area contributed by atoms with Gasteiger partial charge in [0.1, 0.15) is 0 Å². The lowest BCUT2D eigenvalue weighted by molar-refractivity contribution is 1.40. The van der Waals surface area contributed by atoms with Crippen molar-refractivity contribution in [1.82, 2.24) is 0 Å². The molecule has 0 unspecified atom stereocenters. The van der Waals surface area contributed by atoms with Crippen LogP contribution in [0.3, 0.4) is 0 Å². The summed E-state index contributed by atoms with van der Waals surface area (Å²) in [5.41, 5.74) is 10.3. The highest BCUT2D eigenvalue weighted by molar-refractivity contribution is 7.99. The fraction of sp³-hybridized carbons (Fsp3) is 0. The van der Waals surface area contributed by atoms with Gasteiger partial charge in [-0.05, 0) is 100 Å². The second-order valence-corrected chi connectivity index (χ2v) is 13.5. The first-order valence-electron chi connectivity index (χ1n) is 16.2. The van der Waals surface area contributed by atoms with E-state index in [1.807, 2.05) is 11.8 Å². The molecule has 0 radical (unpaired) electrons. The van der Waals surface area contributed by atoms with E-state index < -0.39 is 0 Å². The molecule has 1 aliphatic heterocycles. The van der Waals surface area contributed by atoms with Crippen molar-refractivity contribution in [2.75, 3.05) is 0 Å². The first-order valence-corrected chi connectivity index (χ1v) is 17.0. The van der Waals surface area contributed by atoms with Crippen molar-refractivity contribution in [3.8, 4) is 44.5 Å². The highest BCUT2D eigenvalue weighted by Gasteiger charge is 2.23. The number of benzene rings is 9. The van der Waals surface area contributed by atoms with Crippen molar-refractivity contribution in [3.63, 3.8) is 0 Å². The standard InChI is InChI=1S/C46H28S/c1-2-13-30-28-31(25-24-29(30)12-1)32-14-3-4-16-34(32)44-36-17-5-7-19-38(36)45(39-20-8-6-18-37(39)44)41-26-27-43-46-35(21-11-22-40(41)46)33-15-9-10-23-42(33)47-43/h1-28H. The van der Waals surface area contributed by atoms with Crippen LogP contribution in [0.25, 0.3) is 87.6 Å². The molecule has 0 fully saturated rings. The molecule has 0 aliphatic carbocycles. The highest BCUT2D eigenvalue weighted by Crippen LogP contribution is 2.52. The topological polar surface area (TPSA) is 0 Å². The van der Waals surface area contributed by atoms with E-state index in [2.05, 4.69) is 170 Å². The average Bonchev–Trinajstić information content (AvgIpc) is 3.14. The molecule has 0 spiro atoms. The number of fused-ring (bicyclic) bond motifs is 5. The van der Waals surface area contributed by atoms with E-state index in [9.17, 15) is 0 Å². The summed E-state index contributed by atoms with van der Waals surface area (Å²) in [5.74, 6) is 0. The Morgan fingerprint density at radius 1 is 0.298 bits per heavy atom. The first kappa shape index (κ1) is 26.6. The first-order chi connectivity index (χ1) is 23.3. The van der Waals surface area contributed by atoms with Crippen LogP contribution in [0.1, 0.15) is 0 Å². The molecule has 0 bridgehead atoms. The molecule has 0 aromatic heterocycles. The minimum absolute atomic E-state index is 1.23. The summed E-state index contributed by atoms with van der Waals surface area (Å²) in [6.45, 7) is 0. The summed E-state index contributed by atoms with van der Waals surface area (Å²) in [5, 5.41) is 10.3. The third-order valence-electron chi connectivity index (χ3n) is 9.86. The van der Waals surface area contributed by atoms with Gasteiger partial charge in [0.2, 0.25) is 0 Å². The molecule has 1 heteroatoms. The Bertz CT molecular complexity index is 2660. The molecule has 47 heavy (non-hydrogen) atoms. The molecule has 1 heterocycles. The van der Waals surface area contributed by atoms with Gasteiger partial charge in [0.05, 0.1) is 0 Å². The van der Waals surface area contributed by atoms with Crippen LogP contribution in [-0.2, 0) is 0 Å². The summed E-state index contributed by atoms with van der Waals surface area (Å²) >= 11 is 1.89. The van der Waals surface area contributed by atoms with Crippen molar-refractivity contribution in [3.05, 3.63) is 170 Å². The minimum atomic E-state index is 1.23. The normalized spacial score (nSPS) is 12.2. The minimum Gasteiger partial charge on any atom is -0.0888 e. The lowest BCUT2D eigenvalue weighted by atomic mass is 9.82. The van der Waals surface area contributed by atoms with Gasteiger partial charge in [-0.1, -0.05) is 163 Å². The Morgan fingerprint density at radius 2 is 0.851 bits per heavy atom. The van der Waals surface area contributed by atoms with Gasteiger partial charge in [-0.15, -0.1) is 0 Å². The highest BCUT2D eigenvalue weighted by atomic mass is 32.2. The summed E-state index contributed by atoms with van der Waals surface area (Å²) < 4.78 is 0. The zero-order chi connectivity index (χ0) is 30.9. The van der Waals surface area contributed by atoms with E-state index in [0.29, 0.717) is 0 Å². The van der Waals surface area contributed by atoms with Crippen molar-refractivity contribution >= 4 is 54.9 Å². The molecule has 218 valence electrons. The van der Waals surface area contributed by atoms with Crippen LogP contribution in [0, 0.1) is 0 Å². The van der Waals surface area contributed by atoms with Crippen LogP contribution in [0.5, 0.6) is 0 Å². The van der Waals surface area contributed by atoms with Gasteiger partial charge in [-0.25, -0.2) is 0 Å². The molecule has 1 aliphatic rings. The maximum Gasteiger partial charge on any atom is 0.0207 e. The molecule has 0 amide bonds. The van der Waals surface area contributed by atoms with Crippen LogP contribution in [0.2, 0.25) is 0 Å². The van der Waals surface area contributed by atoms with Gasteiger partial charge < -0.3 is 0 Å². The molecule has 0 atom stereocenters. The van der Waals surface area contributed by atoms with E-state index in [4.69, 9.17) is 0 Å². The third kappa shape index (κ3) is 4.03. The summed E-state index contributed by atoms with van der Waals surface area (Å²) in [4.78, 5) is 2.65. The molecular weight excluding hydrogens is 585 g/mol. The fourth-order valence-electron chi connectivity index (χ4n) is 7.82. The molecule has 0 nitrogen and oxygen atoms in total. The Labute approximate surface area is 278 Å². The second kappa shape index (κ2) is 10.5. The van der Waals surface area contributed by atoms with Crippen LogP contribution in [0.4, 0.5) is 0 Å². The number of hydrogen-bond donors (Lipinski definition) is 0. The Balaban J connectivity index is 1.28. The van der Waals surface area contributed by atoms with Gasteiger partial charge in [0.15, 0.2) is 0 Å². The quantitative estimate of drug-likeness (QED) is 0.179. The smallest absolute Gasteiger partial charge is 0.0207 e. The lowest BCUT2D eigenvalue weighted by Crippen LogP contribution is -1.96. The Kier molecular flexibility index (Phi) is 5.91. The Morgan fingerprint density at radius 3 is 1.60 bits per heavy atom. The van der Waals surface area contributed by atoms with E-state index in [1.165, 1.54) is 97.4 Å². The van der Waals surface area contributed by atoms with Gasteiger partial charge in [-0.2, -0.15) is 0 Å². The predicted octanol–water partition coefficient (Wildman–Crippen LogP) is 13.4. The number of rotatable bonds is 3. The summed E-state index contributed by atoms with van der Waals surface area (Å²) in [6.07, 6.45) is 0. The average molecular weight is 613 g/mol. The van der Waals surface area contributed by atoms with E-state index in [-0.39, 0.29) is 0 Å². The largest absolute Gasteiger partial charge is 0.0888 e. The fourth-order valence-corrected chi connectivity index (χ4v) is 8.95. The van der Waals surface area contributed by atoms with Crippen molar-refractivity contribution < 1.29 is 0 Å². The van der Waals surface area contributed by atoms with Crippen LogP contribution in [-0.4, -0.2) is 0 Å². The lowest BCUT2D eigenvalue weighted by Gasteiger charge is -2.23. The van der Waals surface area contributed by atoms with Gasteiger partial charge in [0, 0.05) is 15.2 Å². The molecule has 0 saturated carbocycles. The predicted molar refractivity (Wildman–Crippen MR) is 202 cm³/mol. The maximum atomic E-state index is 2.36. The molecular formula is C46H28S. The molecule has 10 rings (SSSR count). The Hall–Kier alpha value is -5.63. The van der Waals surface area contributed by atoms with Crippen LogP contribution >= 0.6 is 11.8 Å². The zero-order valence-electron chi connectivity index (χ0n) is 25.6. The molecule has 0 N–H and O–H groups in total. The molecule has 9 aromatic carbocycles. The number of hydrogen-bond acceptors (Lipinski definition) is 1. The SMILES string of the molecule is c1ccc2c(c1)Sc1ccc(-c3c4ccccc4c(-c4ccccc4-c4ccc5ccccc5c4)c4ccccc34)c3cccc-2c13. The van der Waals surface area contributed by atoms with Crippen molar-refractivity contribution in [1.29, 1.82) is 0 Å². The maximum absolute atomic E-state index is 2.36. The summed E-state index contributed by atoms with van der Waals surface area (Å²) in [6, 6.07) is 62.8. The molecule has 0 saturated heterocycles. The third-order valence-corrected chi connectivity index (χ3v) is 11.0. The van der Waals surface area contributed by atoms with E-state index in [1.54, 1.807) is 0 Å². The summed E-state index contributed by atoms with van der Waals surface area (Å²) in [7, 11) is 0. The van der Waals surface area contributed by atoms with Crippen LogP contribution in [0.15, 0.2) is 180 Å². The second-order valence-electron chi connectivity index (χ2n) is 12.4. The van der Waals surface area contributed by atoms with Gasteiger partial charge in [0.25, 0.3) is 0 Å². The zero-order valence-corrected chi connectivity index (χ0v) is 26.4.